The number of halogens is 2. The van der Waals surface area contributed by atoms with E-state index in [1.807, 2.05) is 18.2 Å². The molecule has 2 rings (SSSR count). The van der Waals surface area contributed by atoms with Crippen LogP contribution >= 0.6 is 22.9 Å². The van der Waals surface area contributed by atoms with Crippen LogP contribution in [0.3, 0.4) is 0 Å². The lowest BCUT2D eigenvalue weighted by atomic mass is 9.95. The van der Waals surface area contributed by atoms with Crippen LogP contribution in [0.25, 0.3) is 0 Å². The number of hydrogen-bond donors (Lipinski definition) is 1. The minimum absolute atomic E-state index is 0.113. The van der Waals surface area contributed by atoms with E-state index in [1.165, 1.54) is 10.9 Å². The van der Waals surface area contributed by atoms with Crippen LogP contribution in [0.4, 0.5) is 4.39 Å². The van der Waals surface area contributed by atoms with Crippen molar-refractivity contribution in [2.24, 2.45) is 5.92 Å². The van der Waals surface area contributed by atoms with Crippen molar-refractivity contribution in [3.8, 4) is 0 Å². The summed E-state index contributed by atoms with van der Waals surface area (Å²) in [6, 6.07) is 11.0. The molecular weight excluding hydrogens is 293 g/mol. The average molecular weight is 312 g/mol. The molecule has 0 aliphatic heterocycles. The molecule has 1 atom stereocenters. The fraction of sp³-hybridized carbons (Fsp3) is 0.375. The van der Waals surface area contributed by atoms with E-state index < -0.39 is 0 Å². The molecule has 1 aromatic heterocycles. The maximum Gasteiger partial charge on any atom is 0.126 e. The van der Waals surface area contributed by atoms with E-state index in [0.29, 0.717) is 5.92 Å². The molecule has 0 amide bonds. The van der Waals surface area contributed by atoms with Gasteiger partial charge in [-0.15, -0.1) is 11.3 Å². The smallest absolute Gasteiger partial charge is 0.126 e. The summed E-state index contributed by atoms with van der Waals surface area (Å²) in [6.07, 6.45) is 1.67. The normalized spacial score (nSPS) is 12.6. The molecule has 1 heterocycles. The zero-order valence-corrected chi connectivity index (χ0v) is 13.1. The van der Waals surface area contributed by atoms with Crippen molar-refractivity contribution in [3.05, 3.63) is 57.0 Å². The van der Waals surface area contributed by atoms with Gasteiger partial charge < -0.3 is 5.32 Å². The average Bonchev–Trinajstić information content (AvgIpc) is 2.84. The molecule has 20 heavy (non-hydrogen) atoms. The molecule has 0 bridgehead atoms. The van der Waals surface area contributed by atoms with Gasteiger partial charge in [-0.25, -0.2) is 4.39 Å². The van der Waals surface area contributed by atoms with E-state index >= 15 is 0 Å². The predicted octanol–water partition coefficient (Wildman–Crippen LogP) is 4.55. The Morgan fingerprint density at radius 3 is 2.65 bits per heavy atom. The molecule has 0 fully saturated rings. The summed E-state index contributed by atoms with van der Waals surface area (Å²) in [5.74, 6) is 0.264. The second-order valence-corrected chi connectivity index (χ2v) is 6.68. The summed E-state index contributed by atoms with van der Waals surface area (Å²) in [6.45, 7) is 3.90. The quantitative estimate of drug-likeness (QED) is 0.791. The van der Waals surface area contributed by atoms with E-state index in [0.717, 1.165) is 35.8 Å². The first-order valence-electron chi connectivity index (χ1n) is 6.87. The first-order chi connectivity index (χ1) is 9.69. The van der Waals surface area contributed by atoms with Crippen LogP contribution < -0.4 is 5.32 Å². The van der Waals surface area contributed by atoms with Crippen LogP contribution in [0.2, 0.25) is 4.34 Å². The monoisotopic (exact) mass is 311 g/mol. The molecular formula is C16H19ClFNS. The van der Waals surface area contributed by atoms with Crippen molar-refractivity contribution in [1.82, 2.24) is 5.32 Å². The number of rotatable bonds is 7. The number of thiophene rings is 1. The van der Waals surface area contributed by atoms with Crippen LogP contribution in [0.1, 0.15) is 17.4 Å². The molecule has 1 N–H and O–H groups in total. The van der Waals surface area contributed by atoms with Gasteiger partial charge in [0.05, 0.1) is 4.34 Å². The Morgan fingerprint density at radius 2 is 2.00 bits per heavy atom. The Labute approximate surface area is 128 Å². The van der Waals surface area contributed by atoms with Crippen molar-refractivity contribution < 1.29 is 4.39 Å². The van der Waals surface area contributed by atoms with Gasteiger partial charge >= 0.3 is 0 Å². The van der Waals surface area contributed by atoms with Gasteiger partial charge in [-0.1, -0.05) is 36.7 Å². The third-order valence-electron chi connectivity index (χ3n) is 3.27. The third-order valence-corrected chi connectivity index (χ3v) is 4.52. The Morgan fingerprint density at radius 1 is 1.20 bits per heavy atom. The molecule has 0 saturated carbocycles. The molecule has 2 aromatic rings. The minimum Gasteiger partial charge on any atom is -0.317 e. The van der Waals surface area contributed by atoms with Gasteiger partial charge in [-0.3, -0.25) is 0 Å². The standard InChI is InChI=1S/C16H19ClFNS/c1-2-19-11-12(10-14-7-8-16(17)20-14)9-13-5-3-4-6-15(13)18/h3-8,12,19H,2,9-11H2,1H3. The van der Waals surface area contributed by atoms with Gasteiger partial charge in [0.15, 0.2) is 0 Å². The second-order valence-electron chi connectivity index (χ2n) is 4.88. The van der Waals surface area contributed by atoms with E-state index in [2.05, 4.69) is 18.3 Å². The van der Waals surface area contributed by atoms with E-state index in [1.54, 1.807) is 17.4 Å². The molecule has 0 saturated heterocycles. The fourth-order valence-electron chi connectivity index (χ4n) is 2.29. The zero-order valence-electron chi connectivity index (χ0n) is 11.5. The molecule has 4 heteroatoms. The topological polar surface area (TPSA) is 12.0 Å². The Hall–Kier alpha value is -0.900. The summed E-state index contributed by atoms with van der Waals surface area (Å²) in [7, 11) is 0. The number of hydrogen-bond acceptors (Lipinski definition) is 2. The van der Waals surface area contributed by atoms with Crippen molar-refractivity contribution in [2.45, 2.75) is 19.8 Å². The van der Waals surface area contributed by atoms with E-state index in [4.69, 9.17) is 11.6 Å². The molecule has 1 aromatic carbocycles. The van der Waals surface area contributed by atoms with Crippen molar-refractivity contribution in [2.75, 3.05) is 13.1 Å². The number of benzene rings is 1. The lowest BCUT2D eigenvalue weighted by molar-refractivity contribution is 0.470. The highest BCUT2D eigenvalue weighted by atomic mass is 35.5. The Bertz CT molecular complexity index is 541. The van der Waals surface area contributed by atoms with Gasteiger partial charge in [0, 0.05) is 4.88 Å². The summed E-state index contributed by atoms with van der Waals surface area (Å²) in [5, 5.41) is 3.36. The zero-order chi connectivity index (χ0) is 14.4. The Kier molecular flexibility index (Phi) is 6.02. The molecule has 0 aliphatic carbocycles. The van der Waals surface area contributed by atoms with Gasteiger partial charge in [0.1, 0.15) is 5.82 Å². The first-order valence-corrected chi connectivity index (χ1v) is 8.06. The summed E-state index contributed by atoms with van der Waals surface area (Å²) in [5.41, 5.74) is 0.790. The summed E-state index contributed by atoms with van der Waals surface area (Å²) in [4.78, 5) is 1.26. The Balaban J connectivity index is 2.05. The predicted molar refractivity (Wildman–Crippen MR) is 85.2 cm³/mol. The van der Waals surface area contributed by atoms with Gasteiger partial charge in [0.2, 0.25) is 0 Å². The minimum atomic E-state index is -0.113. The third kappa shape index (κ3) is 4.58. The van der Waals surface area contributed by atoms with Crippen LogP contribution in [0.15, 0.2) is 36.4 Å². The maximum atomic E-state index is 13.8. The highest BCUT2D eigenvalue weighted by molar-refractivity contribution is 7.16. The van der Waals surface area contributed by atoms with E-state index in [9.17, 15) is 4.39 Å². The largest absolute Gasteiger partial charge is 0.317 e. The maximum absolute atomic E-state index is 13.8. The summed E-state index contributed by atoms with van der Waals surface area (Å²) >= 11 is 7.58. The van der Waals surface area contributed by atoms with Gasteiger partial charge in [-0.05, 0) is 55.6 Å². The van der Waals surface area contributed by atoms with Crippen LogP contribution in [-0.4, -0.2) is 13.1 Å². The van der Waals surface area contributed by atoms with E-state index in [-0.39, 0.29) is 5.82 Å². The lowest BCUT2D eigenvalue weighted by Crippen LogP contribution is -2.25. The van der Waals surface area contributed by atoms with Crippen molar-refractivity contribution in [1.29, 1.82) is 0 Å². The second kappa shape index (κ2) is 7.77. The SMILES string of the molecule is CCNCC(Cc1ccc(Cl)s1)Cc1ccccc1F. The first kappa shape index (κ1) is 15.5. The highest BCUT2D eigenvalue weighted by Gasteiger charge is 2.14. The summed E-state index contributed by atoms with van der Waals surface area (Å²) < 4.78 is 14.6. The van der Waals surface area contributed by atoms with Crippen LogP contribution in [0.5, 0.6) is 0 Å². The van der Waals surface area contributed by atoms with Crippen molar-refractivity contribution >= 4 is 22.9 Å². The molecule has 0 radical (unpaired) electrons. The molecule has 1 nitrogen and oxygen atoms in total. The highest BCUT2D eigenvalue weighted by Crippen LogP contribution is 2.25. The van der Waals surface area contributed by atoms with Gasteiger partial charge in [-0.2, -0.15) is 0 Å². The van der Waals surface area contributed by atoms with Crippen molar-refractivity contribution in [3.63, 3.8) is 0 Å². The fourth-order valence-corrected chi connectivity index (χ4v) is 3.49. The molecule has 0 spiro atoms. The molecule has 0 aliphatic rings. The van der Waals surface area contributed by atoms with Gasteiger partial charge in [0.25, 0.3) is 0 Å². The van der Waals surface area contributed by atoms with Crippen LogP contribution in [-0.2, 0) is 12.8 Å². The van der Waals surface area contributed by atoms with Crippen LogP contribution in [0, 0.1) is 11.7 Å². The number of nitrogens with one attached hydrogen (secondary N) is 1. The molecule has 1 unspecified atom stereocenters. The lowest BCUT2D eigenvalue weighted by Gasteiger charge is -2.17. The molecule has 108 valence electrons.